The fourth-order valence-electron chi connectivity index (χ4n) is 4.92. The van der Waals surface area contributed by atoms with Crippen molar-refractivity contribution in [1.29, 1.82) is 0 Å². The SMILES string of the molecule is Nc1ncc(-c2ccc(C(=O)N3CCCC3CN3CCCC3)cc2)nc1C(=O)Nc1ccccc1. The average Bonchev–Trinajstić information content (AvgIpc) is 3.57. The molecule has 0 spiro atoms. The molecule has 2 fully saturated rings. The van der Waals surface area contributed by atoms with Crippen molar-refractivity contribution in [2.75, 3.05) is 37.2 Å². The predicted octanol–water partition coefficient (Wildman–Crippen LogP) is 3.68. The summed E-state index contributed by atoms with van der Waals surface area (Å²) in [5.41, 5.74) is 8.59. The first kappa shape index (κ1) is 23.0. The van der Waals surface area contributed by atoms with E-state index in [9.17, 15) is 9.59 Å². The van der Waals surface area contributed by atoms with E-state index in [4.69, 9.17) is 5.73 Å². The molecule has 0 radical (unpaired) electrons. The predicted molar refractivity (Wildman–Crippen MR) is 136 cm³/mol. The topological polar surface area (TPSA) is 104 Å². The standard InChI is InChI=1S/C27H30N6O2/c28-25-24(26(34)30-21-7-2-1-3-8-21)31-23(17-29-25)19-10-12-20(13-11-19)27(35)33-16-6-9-22(33)18-32-14-4-5-15-32/h1-3,7-8,10-13,17,22H,4-6,9,14-16,18H2,(H2,28,29)(H,30,34). The van der Waals surface area contributed by atoms with Crippen LogP contribution < -0.4 is 11.1 Å². The number of rotatable bonds is 6. The number of nitrogens with two attached hydrogens (primary N) is 1. The molecule has 3 aromatic rings. The van der Waals surface area contributed by atoms with Crippen LogP contribution in [0.1, 0.15) is 46.5 Å². The monoisotopic (exact) mass is 470 g/mol. The molecule has 2 aromatic carbocycles. The van der Waals surface area contributed by atoms with Gasteiger partial charge in [-0.1, -0.05) is 30.3 Å². The van der Waals surface area contributed by atoms with Crippen LogP contribution in [0.5, 0.6) is 0 Å². The second-order valence-corrected chi connectivity index (χ2v) is 9.19. The fourth-order valence-corrected chi connectivity index (χ4v) is 4.92. The summed E-state index contributed by atoms with van der Waals surface area (Å²) < 4.78 is 0. The van der Waals surface area contributed by atoms with Crippen LogP contribution in [0.25, 0.3) is 11.3 Å². The zero-order valence-corrected chi connectivity index (χ0v) is 19.7. The van der Waals surface area contributed by atoms with E-state index in [-0.39, 0.29) is 23.5 Å². The van der Waals surface area contributed by atoms with Crippen molar-refractivity contribution in [3.8, 4) is 11.3 Å². The van der Waals surface area contributed by atoms with Crippen LogP contribution >= 0.6 is 0 Å². The van der Waals surface area contributed by atoms with E-state index in [1.165, 1.54) is 19.0 Å². The zero-order valence-electron chi connectivity index (χ0n) is 19.7. The second kappa shape index (κ2) is 10.2. The van der Waals surface area contributed by atoms with Crippen LogP contribution in [0.15, 0.2) is 60.8 Å². The maximum Gasteiger partial charge on any atom is 0.278 e. The van der Waals surface area contributed by atoms with E-state index in [0.29, 0.717) is 16.9 Å². The lowest BCUT2D eigenvalue weighted by Crippen LogP contribution is -2.42. The number of amides is 2. The Bertz CT molecular complexity index is 1190. The van der Waals surface area contributed by atoms with Gasteiger partial charge in [0.1, 0.15) is 0 Å². The average molecular weight is 471 g/mol. The number of carbonyl (C=O) groups excluding carboxylic acids is 2. The summed E-state index contributed by atoms with van der Waals surface area (Å²) in [4.78, 5) is 39.1. The number of hydrogen-bond acceptors (Lipinski definition) is 6. The maximum atomic E-state index is 13.3. The number of nitrogens with one attached hydrogen (secondary N) is 1. The Balaban J connectivity index is 1.30. The molecule has 2 saturated heterocycles. The Hall–Kier alpha value is -3.78. The van der Waals surface area contributed by atoms with E-state index in [1.54, 1.807) is 12.1 Å². The van der Waals surface area contributed by atoms with Gasteiger partial charge in [-0.15, -0.1) is 0 Å². The third kappa shape index (κ3) is 5.17. The highest BCUT2D eigenvalue weighted by Gasteiger charge is 2.31. The van der Waals surface area contributed by atoms with Crippen molar-refractivity contribution in [2.45, 2.75) is 31.7 Å². The van der Waals surface area contributed by atoms with E-state index in [1.807, 2.05) is 47.4 Å². The van der Waals surface area contributed by atoms with Gasteiger partial charge in [0, 0.05) is 35.9 Å². The highest BCUT2D eigenvalue weighted by atomic mass is 16.2. The van der Waals surface area contributed by atoms with Gasteiger partial charge in [0.2, 0.25) is 0 Å². The molecule has 3 N–H and O–H groups in total. The van der Waals surface area contributed by atoms with E-state index in [0.717, 1.165) is 44.6 Å². The van der Waals surface area contributed by atoms with Crippen molar-refractivity contribution in [2.24, 2.45) is 0 Å². The Morgan fingerprint density at radius 3 is 2.46 bits per heavy atom. The molecular weight excluding hydrogens is 440 g/mol. The molecule has 8 heteroatoms. The second-order valence-electron chi connectivity index (χ2n) is 9.19. The first-order chi connectivity index (χ1) is 17.1. The van der Waals surface area contributed by atoms with Crippen molar-refractivity contribution in [1.82, 2.24) is 19.8 Å². The largest absolute Gasteiger partial charge is 0.382 e. The lowest BCUT2D eigenvalue weighted by atomic mass is 10.1. The van der Waals surface area contributed by atoms with Crippen molar-refractivity contribution in [3.63, 3.8) is 0 Å². The number of benzene rings is 2. The molecule has 2 aliphatic rings. The van der Waals surface area contributed by atoms with Crippen LogP contribution in [0.4, 0.5) is 11.5 Å². The number of carbonyl (C=O) groups is 2. The third-order valence-electron chi connectivity index (χ3n) is 6.78. The summed E-state index contributed by atoms with van der Waals surface area (Å²) in [5.74, 6) is -0.287. The zero-order chi connectivity index (χ0) is 24.2. The first-order valence-electron chi connectivity index (χ1n) is 12.2. The molecule has 1 atom stereocenters. The van der Waals surface area contributed by atoms with Crippen LogP contribution in [0.3, 0.4) is 0 Å². The minimum absolute atomic E-state index is 0.0621. The Morgan fingerprint density at radius 1 is 0.971 bits per heavy atom. The van der Waals surface area contributed by atoms with Crippen molar-refractivity contribution in [3.05, 3.63) is 72.1 Å². The molecule has 2 amide bonds. The molecule has 180 valence electrons. The Kier molecular flexibility index (Phi) is 6.72. The summed E-state index contributed by atoms with van der Waals surface area (Å²) in [6.45, 7) is 4.06. The quantitative estimate of drug-likeness (QED) is 0.570. The molecular formula is C27H30N6O2. The minimum Gasteiger partial charge on any atom is -0.382 e. The number of likely N-dealkylation sites (tertiary alicyclic amines) is 2. The van der Waals surface area contributed by atoms with Crippen LogP contribution in [0.2, 0.25) is 0 Å². The highest BCUT2D eigenvalue weighted by Crippen LogP contribution is 2.25. The number of aromatic nitrogens is 2. The number of nitrogens with zero attached hydrogens (tertiary/aromatic N) is 4. The molecule has 0 bridgehead atoms. The smallest absolute Gasteiger partial charge is 0.278 e. The van der Waals surface area contributed by atoms with E-state index >= 15 is 0 Å². The Morgan fingerprint density at radius 2 is 1.71 bits per heavy atom. The maximum absolute atomic E-state index is 13.3. The molecule has 0 saturated carbocycles. The number of para-hydroxylation sites is 1. The normalized spacial score (nSPS) is 18.1. The minimum atomic E-state index is -0.423. The first-order valence-corrected chi connectivity index (χ1v) is 12.2. The molecule has 1 unspecified atom stereocenters. The van der Waals surface area contributed by atoms with Gasteiger partial charge in [0.25, 0.3) is 11.8 Å². The molecule has 3 heterocycles. The van der Waals surface area contributed by atoms with Gasteiger partial charge in [-0.2, -0.15) is 0 Å². The molecule has 2 aliphatic heterocycles. The van der Waals surface area contributed by atoms with E-state index in [2.05, 4.69) is 20.2 Å². The van der Waals surface area contributed by atoms with Crippen molar-refractivity contribution >= 4 is 23.3 Å². The summed E-state index contributed by atoms with van der Waals surface area (Å²) in [6.07, 6.45) is 6.17. The highest BCUT2D eigenvalue weighted by molar-refractivity contribution is 6.06. The van der Waals surface area contributed by atoms with Gasteiger partial charge in [-0.3, -0.25) is 9.59 Å². The summed E-state index contributed by atoms with van der Waals surface area (Å²) >= 11 is 0. The lowest BCUT2D eigenvalue weighted by Gasteiger charge is -2.28. The molecule has 5 rings (SSSR count). The van der Waals surface area contributed by atoms with Crippen LogP contribution in [-0.2, 0) is 0 Å². The summed E-state index contributed by atoms with van der Waals surface area (Å²) in [5, 5.41) is 2.79. The number of nitrogen functional groups attached to an aromatic ring is 1. The Labute approximate surface area is 205 Å². The number of hydrogen-bond donors (Lipinski definition) is 2. The molecule has 0 aliphatic carbocycles. The van der Waals surface area contributed by atoms with Gasteiger partial charge in [-0.25, -0.2) is 9.97 Å². The van der Waals surface area contributed by atoms with E-state index < -0.39 is 5.91 Å². The fraction of sp³-hybridized carbons (Fsp3) is 0.333. The van der Waals surface area contributed by atoms with Gasteiger partial charge in [0.15, 0.2) is 11.5 Å². The van der Waals surface area contributed by atoms with Gasteiger partial charge < -0.3 is 20.9 Å². The van der Waals surface area contributed by atoms with Crippen LogP contribution in [-0.4, -0.2) is 63.8 Å². The summed E-state index contributed by atoms with van der Waals surface area (Å²) in [6, 6.07) is 16.7. The van der Waals surface area contributed by atoms with Crippen molar-refractivity contribution < 1.29 is 9.59 Å². The molecule has 35 heavy (non-hydrogen) atoms. The van der Waals surface area contributed by atoms with Gasteiger partial charge in [-0.05, 0) is 63.0 Å². The molecule has 8 nitrogen and oxygen atoms in total. The lowest BCUT2D eigenvalue weighted by molar-refractivity contribution is 0.0708. The van der Waals surface area contributed by atoms with Gasteiger partial charge >= 0.3 is 0 Å². The van der Waals surface area contributed by atoms with Crippen LogP contribution in [0, 0.1) is 0 Å². The third-order valence-corrected chi connectivity index (χ3v) is 6.78. The summed E-state index contributed by atoms with van der Waals surface area (Å²) in [7, 11) is 0. The van der Waals surface area contributed by atoms with Gasteiger partial charge in [0.05, 0.1) is 11.9 Å². The number of anilines is 2. The molecule has 1 aromatic heterocycles.